The molecule has 1 atom stereocenters. The van der Waals surface area contributed by atoms with E-state index in [1.165, 1.54) is 0 Å². The van der Waals surface area contributed by atoms with Crippen LogP contribution in [-0.4, -0.2) is 45.6 Å². The molecule has 0 aromatic carbocycles. The van der Waals surface area contributed by atoms with Gasteiger partial charge in [-0.3, -0.25) is 14.3 Å². The highest BCUT2D eigenvalue weighted by atomic mass is 16.2. The number of carbonyl (C=O) groups is 2. The molecule has 1 aromatic heterocycles. The van der Waals surface area contributed by atoms with Crippen molar-refractivity contribution in [3.8, 4) is 0 Å². The summed E-state index contributed by atoms with van der Waals surface area (Å²) in [5.74, 6) is 0.347. The lowest BCUT2D eigenvalue weighted by Crippen LogP contribution is -2.52. The highest BCUT2D eigenvalue weighted by molar-refractivity contribution is 5.89. The number of nitrogens with zero attached hydrogens (tertiary/aromatic N) is 3. The molecule has 1 aliphatic heterocycles. The molecule has 0 radical (unpaired) electrons. The van der Waals surface area contributed by atoms with Crippen molar-refractivity contribution in [3.05, 3.63) is 18.5 Å². The minimum atomic E-state index is -0.274. The fraction of sp³-hybridized carbons (Fsp3) is 0.667. The molecule has 1 unspecified atom stereocenters. The van der Waals surface area contributed by atoms with Gasteiger partial charge in [-0.15, -0.1) is 0 Å². The monoisotopic (exact) mass is 290 g/mol. The Morgan fingerprint density at radius 1 is 1.24 bits per heavy atom. The van der Waals surface area contributed by atoms with E-state index in [1.807, 2.05) is 17.2 Å². The topological polar surface area (TPSA) is 67.2 Å². The molecule has 2 heterocycles. The van der Waals surface area contributed by atoms with Crippen molar-refractivity contribution in [2.45, 2.75) is 44.7 Å². The van der Waals surface area contributed by atoms with Crippen LogP contribution in [0.5, 0.6) is 0 Å². The number of carbonyl (C=O) groups excluding carboxylic acids is 2. The first-order chi connectivity index (χ1) is 10.3. The van der Waals surface area contributed by atoms with E-state index in [0.29, 0.717) is 13.1 Å². The van der Waals surface area contributed by atoms with Crippen LogP contribution in [-0.2, 0) is 16.1 Å². The molecule has 1 N–H and O–H groups in total. The Balaban J connectivity index is 1.52. The van der Waals surface area contributed by atoms with Crippen molar-refractivity contribution in [2.75, 3.05) is 13.1 Å². The maximum Gasteiger partial charge on any atom is 0.242 e. The third kappa shape index (κ3) is 3.43. The molecule has 1 saturated carbocycles. The van der Waals surface area contributed by atoms with Crippen LogP contribution in [0.3, 0.4) is 0 Å². The number of aromatic nitrogens is 2. The summed E-state index contributed by atoms with van der Waals surface area (Å²) >= 11 is 0. The van der Waals surface area contributed by atoms with Gasteiger partial charge in [-0.25, -0.2) is 0 Å². The summed E-state index contributed by atoms with van der Waals surface area (Å²) in [7, 11) is 0. The van der Waals surface area contributed by atoms with Gasteiger partial charge in [-0.1, -0.05) is 0 Å². The lowest BCUT2D eigenvalue weighted by molar-refractivity contribution is -0.143. The van der Waals surface area contributed by atoms with E-state index in [-0.39, 0.29) is 23.8 Å². The smallest absolute Gasteiger partial charge is 0.242 e. The molecule has 2 aliphatic rings. The molecule has 6 heteroatoms. The summed E-state index contributed by atoms with van der Waals surface area (Å²) in [6.45, 7) is 1.93. The van der Waals surface area contributed by atoms with Crippen molar-refractivity contribution in [2.24, 2.45) is 5.92 Å². The predicted molar refractivity (Wildman–Crippen MR) is 77.3 cm³/mol. The fourth-order valence-corrected chi connectivity index (χ4v) is 2.88. The van der Waals surface area contributed by atoms with E-state index in [9.17, 15) is 9.59 Å². The standard InChI is InChI=1S/C15H22N4O2/c20-14(16-8-11-18-9-3-7-17-18)13-4-1-2-10-19(13)15(21)12-5-6-12/h3,7,9,12-13H,1-2,4-6,8,10-11H2,(H,16,20). The van der Waals surface area contributed by atoms with Gasteiger partial charge < -0.3 is 10.2 Å². The molecule has 1 saturated heterocycles. The molecule has 114 valence electrons. The molecule has 21 heavy (non-hydrogen) atoms. The van der Waals surface area contributed by atoms with Crippen molar-refractivity contribution < 1.29 is 9.59 Å². The van der Waals surface area contributed by atoms with Crippen LogP contribution in [0.25, 0.3) is 0 Å². The Morgan fingerprint density at radius 3 is 2.81 bits per heavy atom. The van der Waals surface area contributed by atoms with Gasteiger partial charge in [0.25, 0.3) is 0 Å². The van der Waals surface area contributed by atoms with Gasteiger partial charge >= 0.3 is 0 Å². The number of hydrogen-bond acceptors (Lipinski definition) is 3. The van der Waals surface area contributed by atoms with Gasteiger partial charge in [0.2, 0.25) is 11.8 Å². The lowest BCUT2D eigenvalue weighted by atomic mass is 10.0. The molecule has 0 spiro atoms. The SMILES string of the molecule is O=C(NCCn1cccn1)C1CCCCN1C(=O)C1CC1. The van der Waals surface area contributed by atoms with Gasteiger partial charge in [-0.2, -0.15) is 5.10 Å². The van der Waals surface area contributed by atoms with Crippen LogP contribution >= 0.6 is 0 Å². The second-order valence-corrected chi connectivity index (χ2v) is 5.88. The fourth-order valence-electron chi connectivity index (χ4n) is 2.88. The van der Waals surface area contributed by atoms with Gasteiger partial charge in [-0.05, 0) is 38.2 Å². The molecule has 6 nitrogen and oxygen atoms in total. The van der Waals surface area contributed by atoms with Gasteiger partial charge in [0.1, 0.15) is 6.04 Å². The molecule has 1 aliphatic carbocycles. The number of rotatable bonds is 5. The minimum Gasteiger partial charge on any atom is -0.352 e. The molecule has 2 amide bonds. The normalized spacial score (nSPS) is 22.1. The highest BCUT2D eigenvalue weighted by Crippen LogP contribution is 2.33. The van der Waals surface area contributed by atoms with E-state index < -0.39 is 0 Å². The van der Waals surface area contributed by atoms with Crippen LogP contribution in [0.2, 0.25) is 0 Å². The Morgan fingerprint density at radius 2 is 2.10 bits per heavy atom. The molecular formula is C15H22N4O2. The Bertz CT molecular complexity index is 496. The molecule has 3 rings (SSSR count). The van der Waals surface area contributed by atoms with Crippen molar-refractivity contribution in [3.63, 3.8) is 0 Å². The molecule has 0 bridgehead atoms. The number of hydrogen-bond donors (Lipinski definition) is 1. The highest BCUT2D eigenvalue weighted by Gasteiger charge is 2.39. The summed E-state index contributed by atoms with van der Waals surface area (Å²) in [6.07, 6.45) is 8.38. The molecular weight excluding hydrogens is 268 g/mol. The van der Waals surface area contributed by atoms with Crippen LogP contribution in [0.4, 0.5) is 0 Å². The second-order valence-electron chi connectivity index (χ2n) is 5.88. The van der Waals surface area contributed by atoms with E-state index in [0.717, 1.165) is 38.6 Å². The van der Waals surface area contributed by atoms with E-state index >= 15 is 0 Å². The predicted octanol–water partition coefficient (Wildman–Crippen LogP) is 0.790. The zero-order valence-electron chi connectivity index (χ0n) is 12.2. The Labute approximate surface area is 124 Å². The summed E-state index contributed by atoms with van der Waals surface area (Å²) in [4.78, 5) is 26.4. The van der Waals surface area contributed by atoms with Crippen LogP contribution in [0, 0.1) is 5.92 Å². The Hall–Kier alpha value is -1.85. The van der Waals surface area contributed by atoms with Crippen molar-refractivity contribution in [1.82, 2.24) is 20.0 Å². The first-order valence-electron chi connectivity index (χ1n) is 7.81. The second kappa shape index (κ2) is 6.28. The third-order valence-corrected chi connectivity index (χ3v) is 4.21. The first kappa shape index (κ1) is 14.1. The largest absolute Gasteiger partial charge is 0.352 e. The Kier molecular flexibility index (Phi) is 4.22. The van der Waals surface area contributed by atoms with E-state index in [4.69, 9.17) is 0 Å². The van der Waals surface area contributed by atoms with Crippen molar-refractivity contribution >= 4 is 11.8 Å². The zero-order valence-corrected chi connectivity index (χ0v) is 12.2. The maximum atomic E-state index is 12.3. The quantitative estimate of drug-likeness (QED) is 0.872. The first-order valence-corrected chi connectivity index (χ1v) is 7.81. The number of amides is 2. The number of piperidine rings is 1. The average Bonchev–Trinajstić information content (AvgIpc) is 3.24. The van der Waals surface area contributed by atoms with Gasteiger partial charge in [0, 0.05) is 31.4 Å². The third-order valence-electron chi connectivity index (χ3n) is 4.21. The van der Waals surface area contributed by atoms with Crippen LogP contribution in [0.1, 0.15) is 32.1 Å². The maximum absolute atomic E-state index is 12.3. The van der Waals surface area contributed by atoms with E-state index in [2.05, 4.69) is 10.4 Å². The van der Waals surface area contributed by atoms with Crippen molar-refractivity contribution in [1.29, 1.82) is 0 Å². The minimum absolute atomic E-state index is 0.0177. The summed E-state index contributed by atoms with van der Waals surface area (Å²) in [5.41, 5.74) is 0. The van der Waals surface area contributed by atoms with Gasteiger partial charge in [0.05, 0.1) is 6.54 Å². The molecule has 2 fully saturated rings. The zero-order chi connectivity index (χ0) is 14.7. The van der Waals surface area contributed by atoms with Crippen LogP contribution in [0.15, 0.2) is 18.5 Å². The molecule has 1 aromatic rings. The van der Waals surface area contributed by atoms with Gasteiger partial charge in [0.15, 0.2) is 0 Å². The number of nitrogens with one attached hydrogen (secondary N) is 1. The number of likely N-dealkylation sites (tertiary alicyclic amines) is 1. The summed E-state index contributed by atoms with van der Waals surface area (Å²) in [5, 5.41) is 7.04. The lowest BCUT2D eigenvalue weighted by Gasteiger charge is -2.34. The summed E-state index contributed by atoms with van der Waals surface area (Å²) in [6, 6.07) is 1.59. The van der Waals surface area contributed by atoms with E-state index in [1.54, 1.807) is 10.9 Å². The average molecular weight is 290 g/mol. The van der Waals surface area contributed by atoms with Crippen LogP contribution < -0.4 is 5.32 Å². The summed E-state index contributed by atoms with van der Waals surface area (Å²) < 4.78 is 1.79.